The number of hydrogen-bond acceptors (Lipinski definition) is 4. The quantitative estimate of drug-likeness (QED) is 0.685. The standard InChI is InChI=1S/C22H25N3O3/c23-11-4-12-25(15-17-5-2-1-3-6-17)22(28)18-9-7-16(8-10-18)13-19-14-20(26)24-21(19)27/h1-3,5-10,19H,4,11-15,23H2,(H,24,26,27). The monoisotopic (exact) mass is 379 g/mol. The maximum atomic E-state index is 13.0. The van der Waals surface area contributed by atoms with Crippen LogP contribution in [0.4, 0.5) is 0 Å². The number of carbonyl (C=O) groups is 3. The van der Waals surface area contributed by atoms with Gasteiger partial charge >= 0.3 is 0 Å². The summed E-state index contributed by atoms with van der Waals surface area (Å²) in [6, 6.07) is 17.1. The van der Waals surface area contributed by atoms with Crippen molar-refractivity contribution >= 4 is 17.7 Å². The largest absolute Gasteiger partial charge is 0.334 e. The average molecular weight is 379 g/mol. The summed E-state index contributed by atoms with van der Waals surface area (Å²) < 4.78 is 0. The molecular weight excluding hydrogens is 354 g/mol. The van der Waals surface area contributed by atoms with Crippen LogP contribution in [0.3, 0.4) is 0 Å². The van der Waals surface area contributed by atoms with Gasteiger partial charge in [-0.3, -0.25) is 19.7 Å². The summed E-state index contributed by atoms with van der Waals surface area (Å²) in [5.74, 6) is -0.815. The van der Waals surface area contributed by atoms with E-state index in [9.17, 15) is 14.4 Å². The Hall–Kier alpha value is -2.99. The van der Waals surface area contributed by atoms with Gasteiger partial charge in [-0.2, -0.15) is 0 Å². The van der Waals surface area contributed by atoms with Crippen LogP contribution >= 0.6 is 0 Å². The lowest BCUT2D eigenvalue weighted by molar-refractivity contribution is -0.125. The summed E-state index contributed by atoms with van der Waals surface area (Å²) in [6.07, 6.45) is 1.46. The van der Waals surface area contributed by atoms with Crippen molar-refractivity contribution in [2.45, 2.75) is 25.8 Å². The predicted octanol–water partition coefficient (Wildman–Crippen LogP) is 1.88. The van der Waals surface area contributed by atoms with E-state index in [1.165, 1.54) is 0 Å². The highest BCUT2D eigenvalue weighted by molar-refractivity contribution is 6.03. The van der Waals surface area contributed by atoms with Crippen LogP contribution in [0.1, 0.15) is 34.3 Å². The lowest BCUT2D eigenvalue weighted by atomic mass is 9.97. The Labute approximate surface area is 164 Å². The molecule has 1 aliphatic rings. The molecule has 0 radical (unpaired) electrons. The highest BCUT2D eigenvalue weighted by Crippen LogP contribution is 2.18. The van der Waals surface area contributed by atoms with Gasteiger partial charge in [0, 0.05) is 25.1 Å². The zero-order valence-electron chi connectivity index (χ0n) is 15.8. The summed E-state index contributed by atoms with van der Waals surface area (Å²) in [6.45, 7) is 1.65. The molecule has 1 fully saturated rings. The SMILES string of the molecule is NCCCN(Cc1ccccc1)C(=O)c1ccc(CC2CC(=O)NC2=O)cc1. The van der Waals surface area contributed by atoms with E-state index in [-0.39, 0.29) is 30.1 Å². The molecule has 0 saturated carbocycles. The first-order chi connectivity index (χ1) is 13.6. The first-order valence-electron chi connectivity index (χ1n) is 9.52. The van der Waals surface area contributed by atoms with Crippen LogP contribution in [0.5, 0.6) is 0 Å². The van der Waals surface area contributed by atoms with E-state index < -0.39 is 0 Å². The third-order valence-electron chi connectivity index (χ3n) is 4.88. The number of amides is 3. The number of imide groups is 1. The van der Waals surface area contributed by atoms with Crippen LogP contribution in [-0.2, 0) is 22.6 Å². The van der Waals surface area contributed by atoms with Crippen LogP contribution in [0.15, 0.2) is 54.6 Å². The van der Waals surface area contributed by atoms with Crippen LogP contribution in [0.2, 0.25) is 0 Å². The van der Waals surface area contributed by atoms with Gasteiger partial charge in [-0.25, -0.2) is 0 Å². The molecule has 1 aliphatic heterocycles. The molecule has 1 heterocycles. The molecule has 6 heteroatoms. The van der Waals surface area contributed by atoms with Crippen molar-refractivity contribution in [1.29, 1.82) is 0 Å². The van der Waals surface area contributed by atoms with Crippen LogP contribution in [0.25, 0.3) is 0 Å². The van der Waals surface area contributed by atoms with Crippen molar-refractivity contribution in [3.8, 4) is 0 Å². The minimum Gasteiger partial charge on any atom is -0.334 e. The van der Waals surface area contributed by atoms with Crippen LogP contribution in [-0.4, -0.2) is 35.7 Å². The van der Waals surface area contributed by atoms with Crippen molar-refractivity contribution in [1.82, 2.24) is 10.2 Å². The van der Waals surface area contributed by atoms with E-state index >= 15 is 0 Å². The van der Waals surface area contributed by atoms with Gasteiger partial charge in [0.2, 0.25) is 11.8 Å². The number of nitrogens with one attached hydrogen (secondary N) is 1. The molecule has 1 unspecified atom stereocenters. The van der Waals surface area contributed by atoms with Crippen LogP contribution < -0.4 is 11.1 Å². The van der Waals surface area contributed by atoms with Gasteiger partial charge < -0.3 is 10.6 Å². The van der Waals surface area contributed by atoms with E-state index in [4.69, 9.17) is 5.73 Å². The minimum atomic E-state index is -0.326. The molecule has 146 valence electrons. The first-order valence-corrected chi connectivity index (χ1v) is 9.52. The molecule has 6 nitrogen and oxygen atoms in total. The minimum absolute atomic E-state index is 0.0439. The summed E-state index contributed by atoms with van der Waals surface area (Å²) in [7, 11) is 0. The van der Waals surface area contributed by atoms with E-state index in [0.29, 0.717) is 31.6 Å². The maximum Gasteiger partial charge on any atom is 0.254 e. The second-order valence-electron chi connectivity index (χ2n) is 7.07. The van der Waals surface area contributed by atoms with Crippen molar-refractivity contribution in [3.63, 3.8) is 0 Å². The zero-order valence-corrected chi connectivity index (χ0v) is 15.8. The fourth-order valence-corrected chi connectivity index (χ4v) is 3.36. The zero-order chi connectivity index (χ0) is 19.9. The van der Waals surface area contributed by atoms with E-state index in [1.807, 2.05) is 42.5 Å². The molecule has 0 bridgehead atoms. The molecule has 2 aromatic rings. The number of hydrogen-bond donors (Lipinski definition) is 2. The first kappa shape index (κ1) is 19.8. The van der Waals surface area contributed by atoms with E-state index in [0.717, 1.165) is 17.5 Å². The third-order valence-corrected chi connectivity index (χ3v) is 4.88. The Morgan fingerprint density at radius 2 is 1.75 bits per heavy atom. The van der Waals surface area contributed by atoms with Gasteiger partial charge in [-0.1, -0.05) is 42.5 Å². The number of nitrogens with two attached hydrogens (primary N) is 1. The Bertz CT molecular complexity index is 834. The molecule has 0 spiro atoms. The van der Waals surface area contributed by atoms with Gasteiger partial charge in [0.1, 0.15) is 0 Å². The van der Waals surface area contributed by atoms with E-state index in [2.05, 4.69) is 5.32 Å². The maximum absolute atomic E-state index is 13.0. The Balaban J connectivity index is 1.68. The molecule has 0 aliphatic carbocycles. The Kier molecular flexibility index (Phi) is 6.55. The smallest absolute Gasteiger partial charge is 0.254 e. The van der Waals surface area contributed by atoms with Gasteiger partial charge in [-0.05, 0) is 42.6 Å². The van der Waals surface area contributed by atoms with Crippen molar-refractivity contribution in [2.75, 3.05) is 13.1 Å². The second kappa shape index (κ2) is 9.28. The molecule has 1 atom stereocenters. The Morgan fingerprint density at radius 3 is 2.36 bits per heavy atom. The molecule has 0 aromatic heterocycles. The molecule has 28 heavy (non-hydrogen) atoms. The Morgan fingerprint density at radius 1 is 1.04 bits per heavy atom. The average Bonchev–Trinajstić information content (AvgIpc) is 3.02. The topological polar surface area (TPSA) is 92.5 Å². The molecular formula is C22H25N3O3. The highest BCUT2D eigenvalue weighted by Gasteiger charge is 2.30. The summed E-state index contributed by atoms with van der Waals surface area (Å²) in [5.41, 5.74) is 8.24. The third kappa shape index (κ3) is 5.04. The van der Waals surface area contributed by atoms with Crippen molar-refractivity contribution in [2.24, 2.45) is 11.7 Å². The summed E-state index contributed by atoms with van der Waals surface area (Å²) in [5, 5.41) is 2.33. The van der Waals surface area contributed by atoms with Gasteiger partial charge in [0.05, 0.1) is 5.92 Å². The van der Waals surface area contributed by atoms with Gasteiger partial charge in [0.15, 0.2) is 0 Å². The molecule has 3 amide bonds. The van der Waals surface area contributed by atoms with Crippen LogP contribution in [0, 0.1) is 5.92 Å². The highest BCUT2D eigenvalue weighted by atomic mass is 16.2. The number of benzene rings is 2. The molecule has 3 N–H and O–H groups in total. The summed E-state index contributed by atoms with van der Waals surface area (Å²) >= 11 is 0. The van der Waals surface area contributed by atoms with Gasteiger partial charge in [-0.15, -0.1) is 0 Å². The fraction of sp³-hybridized carbons (Fsp3) is 0.318. The summed E-state index contributed by atoms with van der Waals surface area (Å²) in [4.78, 5) is 37.8. The molecule has 1 saturated heterocycles. The number of nitrogens with zero attached hydrogens (tertiary/aromatic N) is 1. The lowest BCUT2D eigenvalue weighted by Crippen LogP contribution is -2.32. The number of carbonyl (C=O) groups excluding carboxylic acids is 3. The van der Waals surface area contributed by atoms with Crippen molar-refractivity contribution < 1.29 is 14.4 Å². The predicted molar refractivity (Wildman–Crippen MR) is 106 cm³/mol. The van der Waals surface area contributed by atoms with Gasteiger partial charge in [0.25, 0.3) is 5.91 Å². The fourth-order valence-electron chi connectivity index (χ4n) is 3.36. The second-order valence-corrected chi connectivity index (χ2v) is 7.07. The molecule has 2 aromatic carbocycles. The number of rotatable bonds is 8. The normalized spacial score (nSPS) is 16.1. The van der Waals surface area contributed by atoms with Crippen molar-refractivity contribution in [3.05, 3.63) is 71.3 Å². The van der Waals surface area contributed by atoms with E-state index in [1.54, 1.807) is 17.0 Å². The molecule has 3 rings (SSSR count). The lowest BCUT2D eigenvalue weighted by Gasteiger charge is -2.23.